The first-order valence-corrected chi connectivity index (χ1v) is 7.34. The minimum absolute atomic E-state index is 0.0724. The molecule has 1 unspecified atom stereocenters. The van der Waals surface area contributed by atoms with Crippen LogP contribution in [0.25, 0.3) is 0 Å². The minimum Gasteiger partial charge on any atom is -0.497 e. The van der Waals surface area contributed by atoms with E-state index in [9.17, 15) is 4.79 Å². The van der Waals surface area contributed by atoms with Gasteiger partial charge >= 0.3 is 5.97 Å². The Morgan fingerprint density at radius 1 is 1.19 bits per heavy atom. The molecule has 0 aliphatic heterocycles. The van der Waals surface area contributed by atoms with E-state index < -0.39 is 0 Å². The predicted octanol–water partition coefficient (Wildman–Crippen LogP) is 2.78. The Hall–Kier alpha value is -1.55. The van der Waals surface area contributed by atoms with Crippen molar-refractivity contribution >= 4 is 5.97 Å². The zero-order valence-corrected chi connectivity index (χ0v) is 13.9. The summed E-state index contributed by atoms with van der Waals surface area (Å²) in [7, 11) is 3.10. The SMILES string of the molecule is COC(=O)CC(Cc1c(C)cc(OC)cc1C)NC(C)C. The number of nitrogens with one attached hydrogen (secondary N) is 1. The molecule has 0 aromatic heterocycles. The van der Waals surface area contributed by atoms with Crippen molar-refractivity contribution in [3.05, 3.63) is 28.8 Å². The van der Waals surface area contributed by atoms with E-state index in [1.165, 1.54) is 23.8 Å². The van der Waals surface area contributed by atoms with Gasteiger partial charge in [0.15, 0.2) is 0 Å². The van der Waals surface area contributed by atoms with Crippen LogP contribution in [0.1, 0.15) is 37.0 Å². The molecular weight excluding hydrogens is 266 g/mol. The molecule has 1 rings (SSSR count). The van der Waals surface area contributed by atoms with Crippen molar-refractivity contribution in [2.24, 2.45) is 0 Å². The molecule has 0 fully saturated rings. The maximum atomic E-state index is 11.6. The fourth-order valence-corrected chi connectivity index (χ4v) is 2.59. The lowest BCUT2D eigenvalue weighted by Gasteiger charge is -2.22. The number of methoxy groups -OCH3 is 2. The van der Waals surface area contributed by atoms with Crippen molar-refractivity contribution in [2.75, 3.05) is 14.2 Å². The van der Waals surface area contributed by atoms with Gasteiger partial charge in [0, 0.05) is 12.1 Å². The average molecular weight is 293 g/mol. The lowest BCUT2D eigenvalue weighted by atomic mass is 9.94. The second kappa shape index (κ2) is 8.03. The van der Waals surface area contributed by atoms with Crippen molar-refractivity contribution < 1.29 is 14.3 Å². The number of aryl methyl sites for hydroxylation is 2. The Morgan fingerprint density at radius 2 is 1.76 bits per heavy atom. The van der Waals surface area contributed by atoms with Crippen molar-refractivity contribution in [3.63, 3.8) is 0 Å². The summed E-state index contributed by atoms with van der Waals surface area (Å²) in [6.45, 7) is 8.32. The summed E-state index contributed by atoms with van der Waals surface area (Å²) in [5.41, 5.74) is 3.64. The largest absolute Gasteiger partial charge is 0.497 e. The third-order valence-corrected chi connectivity index (χ3v) is 3.57. The Bertz CT molecular complexity index is 460. The number of hydrogen-bond donors (Lipinski definition) is 1. The Labute approximate surface area is 127 Å². The molecule has 0 spiro atoms. The van der Waals surface area contributed by atoms with Crippen LogP contribution >= 0.6 is 0 Å². The van der Waals surface area contributed by atoms with Crippen LogP contribution < -0.4 is 10.1 Å². The van der Waals surface area contributed by atoms with Gasteiger partial charge in [-0.1, -0.05) is 13.8 Å². The molecule has 0 saturated heterocycles. The Morgan fingerprint density at radius 3 is 2.19 bits per heavy atom. The monoisotopic (exact) mass is 293 g/mol. The second-order valence-electron chi connectivity index (χ2n) is 5.74. The summed E-state index contributed by atoms with van der Waals surface area (Å²) < 4.78 is 10.1. The third kappa shape index (κ3) is 5.38. The highest BCUT2D eigenvalue weighted by Crippen LogP contribution is 2.23. The van der Waals surface area contributed by atoms with Crippen molar-refractivity contribution in [1.29, 1.82) is 0 Å². The van der Waals surface area contributed by atoms with Gasteiger partial charge in [-0.15, -0.1) is 0 Å². The quantitative estimate of drug-likeness (QED) is 0.785. The second-order valence-corrected chi connectivity index (χ2v) is 5.74. The van der Waals surface area contributed by atoms with E-state index in [-0.39, 0.29) is 12.0 Å². The van der Waals surface area contributed by atoms with E-state index in [0.717, 1.165) is 12.2 Å². The number of esters is 1. The molecular formula is C17H27NO3. The lowest BCUT2D eigenvalue weighted by Crippen LogP contribution is -2.38. The molecule has 4 nitrogen and oxygen atoms in total. The Kier molecular flexibility index (Phi) is 6.69. The Balaban J connectivity index is 2.94. The van der Waals surface area contributed by atoms with E-state index in [0.29, 0.717) is 12.5 Å². The van der Waals surface area contributed by atoms with Crippen molar-refractivity contribution in [1.82, 2.24) is 5.32 Å². The van der Waals surface area contributed by atoms with Gasteiger partial charge < -0.3 is 14.8 Å². The summed E-state index contributed by atoms with van der Waals surface area (Å²) in [6.07, 6.45) is 1.18. The third-order valence-electron chi connectivity index (χ3n) is 3.57. The van der Waals surface area contributed by atoms with Gasteiger partial charge in [0.25, 0.3) is 0 Å². The average Bonchev–Trinajstić information content (AvgIpc) is 2.41. The van der Waals surface area contributed by atoms with Gasteiger partial charge in [0.1, 0.15) is 5.75 Å². The number of ether oxygens (including phenoxy) is 2. The number of carbonyl (C=O) groups excluding carboxylic acids is 1. The summed E-state index contributed by atoms with van der Waals surface area (Å²) in [6, 6.07) is 4.46. The molecule has 0 bridgehead atoms. The van der Waals surface area contributed by atoms with Gasteiger partial charge in [-0.3, -0.25) is 4.79 Å². The van der Waals surface area contributed by atoms with Crippen LogP contribution in [0.4, 0.5) is 0 Å². The zero-order valence-electron chi connectivity index (χ0n) is 13.9. The van der Waals surface area contributed by atoms with Gasteiger partial charge in [-0.05, 0) is 49.1 Å². The maximum absolute atomic E-state index is 11.6. The first-order chi connectivity index (χ1) is 9.87. The maximum Gasteiger partial charge on any atom is 0.307 e. The summed E-state index contributed by atoms with van der Waals surface area (Å²) in [5, 5.41) is 3.44. The molecule has 0 amide bonds. The van der Waals surface area contributed by atoms with Crippen LogP contribution in [-0.2, 0) is 16.0 Å². The number of benzene rings is 1. The molecule has 0 saturated carbocycles. The van der Waals surface area contributed by atoms with Crippen molar-refractivity contribution in [2.45, 2.75) is 52.6 Å². The van der Waals surface area contributed by atoms with Gasteiger partial charge in [0.2, 0.25) is 0 Å². The van der Waals surface area contributed by atoms with Gasteiger partial charge in [0.05, 0.1) is 20.6 Å². The first-order valence-electron chi connectivity index (χ1n) is 7.34. The molecule has 1 aromatic carbocycles. The summed E-state index contributed by atoms with van der Waals surface area (Å²) >= 11 is 0. The molecule has 0 aliphatic rings. The van der Waals surface area contributed by atoms with Crippen LogP contribution in [0, 0.1) is 13.8 Å². The molecule has 118 valence electrons. The topological polar surface area (TPSA) is 47.6 Å². The molecule has 1 atom stereocenters. The van der Waals surface area contributed by atoms with Gasteiger partial charge in [-0.2, -0.15) is 0 Å². The molecule has 21 heavy (non-hydrogen) atoms. The van der Waals surface area contributed by atoms with Crippen LogP contribution in [0.15, 0.2) is 12.1 Å². The number of carbonyl (C=O) groups is 1. The van der Waals surface area contributed by atoms with Crippen molar-refractivity contribution in [3.8, 4) is 5.75 Å². The fourth-order valence-electron chi connectivity index (χ4n) is 2.59. The highest BCUT2D eigenvalue weighted by atomic mass is 16.5. The van der Waals surface area contributed by atoms with E-state index in [2.05, 4.69) is 33.0 Å². The predicted molar refractivity (Wildman–Crippen MR) is 84.9 cm³/mol. The van der Waals surface area contributed by atoms with Crippen LogP contribution in [0.3, 0.4) is 0 Å². The molecule has 0 radical (unpaired) electrons. The fraction of sp³-hybridized carbons (Fsp3) is 0.588. The van der Waals surface area contributed by atoms with E-state index in [1.54, 1.807) is 7.11 Å². The molecule has 1 N–H and O–H groups in total. The standard InChI is InChI=1S/C17H27NO3/c1-11(2)18-14(10-17(19)21-6)9-16-12(3)7-15(20-5)8-13(16)4/h7-8,11,14,18H,9-10H2,1-6H3. The van der Waals surface area contributed by atoms with Crippen LogP contribution in [-0.4, -0.2) is 32.3 Å². The summed E-state index contributed by atoms with van der Waals surface area (Å²) in [4.78, 5) is 11.6. The zero-order chi connectivity index (χ0) is 16.0. The highest BCUT2D eigenvalue weighted by molar-refractivity contribution is 5.70. The van der Waals surface area contributed by atoms with E-state index in [1.807, 2.05) is 12.1 Å². The number of rotatable bonds is 7. The molecule has 4 heteroatoms. The van der Waals surface area contributed by atoms with Gasteiger partial charge in [-0.25, -0.2) is 0 Å². The number of hydrogen-bond acceptors (Lipinski definition) is 4. The highest BCUT2D eigenvalue weighted by Gasteiger charge is 2.18. The molecule has 0 heterocycles. The van der Waals surface area contributed by atoms with E-state index >= 15 is 0 Å². The molecule has 0 aliphatic carbocycles. The van der Waals surface area contributed by atoms with E-state index in [4.69, 9.17) is 9.47 Å². The molecule has 1 aromatic rings. The summed E-state index contributed by atoms with van der Waals surface area (Å²) in [5.74, 6) is 0.687. The van der Waals surface area contributed by atoms with Crippen LogP contribution in [0.5, 0.6) is 5.75 Å². The lowest BCUT2D eigenvalue weighted by molar-refractivity contribution is -0.141. The first kappa shape index (κ1) is 17.5. The van der Waals surface area contributed by atoms with Crippen LogP contribution in [0.2, 0.25) is 0 Å². The smallest absolute Gasteiger partial charge is 0.307 e. The minimum atomic E-state index is -0.183. The normalized spacial score (nSPS) is 12.3.